The van der Waals surface area contributed by atoms with E-state index in [1.165, 1.54) is 24.3 Å². The summed E-state index contributed by atoms with van der Waals surface area (Å²) in [5, 5.41) is 38.9. The van der Waals surface area contributed by atoms with Crippen LogP contribution in [0.25, 0.3) is 0 Å². The summed E-state index contributed by atoms with van der Waals surface area (Å²) in [5.74, 6) is -0.860. The molecule has 0 radical (unpaired) electrons. The fraction of sp³-hybridized carbons (Fsp3) is 0.0500. The van der Waals surface area contributed by atoms with Crippen LogP contribution in [0.1, 0.15) is 15.9 Å². The van der Waals surface area contributed by atoms with Gasteiger partial charge >= 0.3 is 0 Å². The minimum atomic E-state index is -0.860. The number of nitrogens with zero attached hydrogens (tertiary/aromatic N) is 3. The molecule has 0 saturated carbocycles. The molecule has 0 aliphatic heterocycles. The van der Waals surface area contributed by atoms with E-state index in [9.17, 15) is 35.1 Å². The lowest BCUT2D eigenvalue weighted by molar-refractivity contribution is -0.393. The van der Waals surface area contributed by atoms with Gasteiger partial charge in [-0.15, -0.1) is 0 Å². The van der Waals surface area contributed by atoms with Gasteiger partial charge in [0.05, 0.1) is 26.4 Å². The number of nitro benzene ring substituents is 3. The van der Waals surface area contributed by atoms with Gasteiger partial charge in [-0.25, -0.2) is 0 Å². The van der Waals surface area contributed by atoms with E-state index in [0.29, 0.717) is 0 Å². The van der Waals surface area contributed by atoms with Crippen LogP contribution in [0.3, 0.4) is 0 Å². The highest BCUT2D eigenvalue weighted by Gasteiger charge is 2.27. The van der Waals surface area contributed by atoms with Crippen molar-refractivity contribution in [2.24, 2.45) is 0 Å². The average Bonchev–Trinajstić information content (AvgIpc) is 2.78. The van der Waals surface area contributed by atoms with E-state index in [2.05, 4.69) is 10.6 Å². The molecule has 32 heavy (non-hydrogen) atoms. The molecule has 3 aromatic rings. The predicted molar refractivity (Wildman–Crippen MR) is 115 cm³/mol. The van der Waals surface area contributed by atoms with Crippen LogP contribution in [0.2, 0.25) is 0 Å². The summed E-state index contributed by atoms with van der Waals surface area (Å²) in [6, 6.07) is 15.4. The normalized spacial score (nSPS) is 10.2. The van der Waals surface area contributed by atoms with E-state index < -0.39 is 32.1 Å². The fourth-order valence-corrected chi connectivity index (χ4v) is 2.88. The quantitative estimate of drug-likeness (QED) is 0.388. The first-order valence-corrected chi connectivity index (χ1v) is 9.06. The van der Waals surface area contributed by atoms with Crippen LogP contribution in [0.5, 0.6) is 0 Å². The third-order valence-electron chi connectivity index (χ3n) is 4.40. The van der Waals surface area contributed by atoms with Gasteiger partial charge in [0.2, 0.25) is 0 Å². The Balaban J connectivity index is 2.00. The second-order valence-corrected chi connectivity index (χ2v) is 6.50. The van der Waals surface area contributed by atoms with Crippen molar-refractivity contribution in [1.82, 2.24) is 0 Å². The van der Waals surface area contributed by atoms with Crippen LogP contribution < -0.4 is 10.6 Å². The maximum Gasteiger partial charge on any atom is 0.300 e. The van der Waals surface area contributed by atoms with Crippen LogP contribution in [0.15, 0.2) is 66.7 Å². The van der Waals surface area contributed by atoms with Crippen LogP contribution in [-0.4, -0.2) is 20.7 Å². The Morgan fingerprint density at radius 3 is 1.97 bits per heavy atom. The van der Waals surface area contributed by atoms with E-state index in [0.717, 1.165) is 17.7 Å². The van der Waals surface area contributed by atoms with Crippen LogP contribution in [0.4, 0.5) is 28.4 Å². The summed E-state index contributed by atoms with van der Waals surface area (Å²) in [7, 11) is 0. The monoisotopic (exact) mass is 437 g/mol. The summed E-state index contributed by atoms with van der Waals surface area (Å²) in [5.41, 5.74) is -1.03. The first kappa shape index (κ1) is 21.8. The molecule has 1 amide bonds. The van der Waals surface area contributed by atoms with Crippen LogP contribution >= 0.6 is 0 Å². The van der Waals surface area contributed by atoms with Gasteiger partial charge in [0.1, 0.15) is 5.69 Å². The number of anilines is 2. The molecule has 0 aliphatic rings. The number of carbonyl (C=O) groups is 1. The number of hydrogen-bond donors (Lipinski definition) is 2. The molecule has 162 valence electrons. The number of carbonyl (C=O) groups excluding carboxylic acids is 1. The summed E-state index contributed by atoms with van der Waals surface area (Å²) >= 11 is 0. The molecular weight excluding hydrogens is 422 g/mol. The van der Waals surface area contributed by atoms with E-state index in [4.69, 9.17) is 0 Å². The van der Waals surface area contributed by atoms with Crippen molar-refractivity contribution in [2.75, 3.05) is 10.6 Å². The summed E-state index contributed by atoms with van der Waals surface area (Å²) < 4.78 is 0. The molecule has 2 N–H and O–H groups in total. The van der Waals surface area contributed by atoms with Gasteiger partial charge in [-0.3, -0.25) is 35.1 Å². The molecule has 12 nitrogen and oxygen atoms in total. The van der Waals surface area contributed by atoms with Crippen LogP contribution in [-0.2, 0) is 6.54 Å². The number of amides is 1. The van der Waals surface area contributed by atoms with Crippen molar-refractivity contribution >= 4 is 34.3 Å². The highest BCUT2D eigenvalue weighted by molar-refractivity contribution is 6.10. The van der Waals surface area contributed by atoms with Gasteiger partial charge in [-0.2, -0.15) is 0 Å². The Hall–Kier alpha value is -4.87. The number of non-ortho nitro benzene ring substituents is 2. The molecule has 0 fully saturated rings. The molecule has 3 rings (SSSR count). The summed E-state index contributed by atoms with van der Waals surface area (Å²) in [6.07, 6.45) is 0. The Bertz CT molecular complexity index is 1200. The number of nitro groups is 3. The zero-order chi connectivity index (χ0) is 23.3. The maximum absolute atomic E-state index is 12.9. The first-order chi connectivity index (χ1) is 15.3. The maximum atomic E-state index is 12.9. The van der Waals surface area contributed by atoms with E-state index >= 15 is 0 Å². The van der Waals surface area contributed by atoms with E-state index in [1.54, 1.807) is 30.3 Å². The standard InChI is InChI=1S/C20H15N5O7/c26-20(22-14-6-8-15(9-7-14)23(27)28)17-10-16(24(29)30)11-18(25(31)32)19(17)21-12-13-4-2-1-3-5-13/h1-11,21H,12H2,(H,22,26). The zero-order valence-electron chi connectivity index (χ0n) is 16.3. The second-order valence-electron chi connectivity index (χ2n) is 6.50. The van der Waals surface area contributed by atoms with Crippen molar-refractivity contribution in [3.8, 4) is 0 Å². The first-order valence-electron chi connectivity index (χ1n) is 9.06. The molecule has 12 heteroatoms. The number of nitrogens with one attached hydrogen (secondary N) is 2. The van der Waals surface area contributed by atoms with Gasteiger partial charge in [0.15, 0.2) is 0 Å². The molecule has 0 spiro atoms. The van der Waals surface area contributed by atoms with Gasteiger partial charge in [-0.1, -0.05) is 30.3 Å². The summed E-state index contributed by atoms with van der Waals surface area (Å²) in [6.45, 7) is 0.122. The molecule has 0 saturated heterocycles. The SMILES string of the molecule is O=C(Nc1ccc([N+](=O)[O-])cc1)c1cc([N+](=O)[O-])cc([N+](=O)[O-])c1NCc1ccccc1. The minimum Gasteiger partial charge on any atom is -0.375 e. The molecular formula is C20H15N5O7. The molecule has 3 aromatic carbocycles. The second kappa shape index (κ2) is 9.30. The largest absolute Gasteiger partial charge is 0.375 e. The average molecular weight is 437 g/mol. The Kier molecular flexibility index (Phi) is 6.34. The Morgan fingerprint density at radius 2 is 1.41 bits per heavy atom. The van der Waals surface area contributed by atoms with Gasteiger partial charge in [-0.05, 0) is 17.7 Å². The molecule has 0 bridgehead atoms. The van der Waals surface area contributed by atoms with E-state index in [1.807, 2.05) is 0 Å². The third kappa shape index (κ3) is 4.99. The fourth-order valence-electron chi connectivity index (χ4n) is 2.88. The molecule has 0 aliphatic carbocycles. The van der Waals surface area contributed by atoms with Crippen molar-refractivity contribution < 1.29 is 19.6 Å². The predicted octanol–water partition coefficient (Wildman–Crippen LogP) is 4.28. The number of benzene rings is 3. The number of rotatable bonds is 8. The molecule has 0 unspecified atom stereocenters. The minimum absolute atomic E-state index is 0.122. The lowest BCUT2D eigenvalue weighted by Crippen LogP contribution is -2.16. The van der Waals surface area contributed by atoms with Crippen LogP contribution in [0, 0.1) is 30.3 Å². The van der Waals surface area contributed by atoms with Gasteiger partial charge in [0, 0.05) is 30.4 Å². The Morgan fingerprint density at radius 1 is 0.781 bits per heavy atom. The Labute approximate surface area is 179 Å². The smallest absolute Gasteiger partial charge is 0.300 e. The number of hydrogen-bond acceptors (Lipinski definition) is 8. The third-order valence-corrected chi connectivity index (χ3v) is 4.40. The highest BCUT2D eigenvalue weighted by Crippen LogP contribution is 2.34. The van der Waals surface area contributed by atoms with E-state index in [-0.39, 0.29) is 29.2 Å². The highest BCUT2D eigenvalue weighted by atomic mass is 16.6. The van der Waals surface area contributed by atoms with Crippen molar-refractivity contribution in [2.45, 2.75) is 6.54 Å². The van der Waals surface area contributed by atoms with Gasteiger partial charge < -0.3 is 10.6 Å². The molecule has 0 atom stereocenters. The molecule has 0 heterocycles. The lowest BCUT2D eigenvalue weighted by Gasteiger charge is -2.13. The topological polar surface area (TPSA) is 171 Å². The van der Waals surface area contributed by atoms with Crippen molar-refractivity contribution in [1.29, 1.82) is 0 Å². The zero-order valence-corrected chi connectivity index (χ0v) is 16.3. The van der Waals surface area contributed by atoms with Crippen molar-refractivity contribution in [3.05, 3.63) is 108 Å². The molecule has 0 aromatic heterocycles. The summed E-state index contributed by atoms with van der Waals surface area (Å²) in [4.78, 5) is 44.3. The van der Waals surface area contributed by atoms with Crippen molar-refractivity contribution in [3.63, 3.8) is 0 Å². The lowest BCUT2D eigenvalue weighted by atomic mass is 10.1. The van der Waals surface area contributed by atoms with Gasteiger partial charge in [0.25, 0.3) is 23.0 Å².